The molecular formula is C13H10N2O4. The van der Waals surface area contributed by atoms with Gasteiger partial charge in [0.15, 0.2) is 0 Å². The second kappa shape index (κ2) is 5.18. The zero-order valence-electron chi connectivity index (χ0n) is 9.74. The summed E-state index contributed by atoms with van der Waals surface area (Å²) in [5.74, 6) is -0.675. The van der Waals surface area contributed by atoms with Crippen LogP contribution in [0.15, 0.2) is 48.5 Å². The van der Waals surface area contributed by atoms with Gasteiger partial charge in [-0.3, -0.25) is 14.9 Å². The van der Waals surface area contributed by atoms with Gasteiger partial charge in [0.25, 0.3) is 11.6 Å². The molecule has 0 fully saturated rings. The number of hydrogen-bond donors (Lipinski definition) is 2. The number of nitro benzene ring substituents is 1. The Kier molecular flexibility index (Phi) is 3.42. The molecule has 0 aliphatic heterocycles. The van der Waals surface area contributed by atoms with Gasteiger partial charge in [-0.25, -0.2) is 0 Å². The molecular weight excluding hydrogens is 248 g/mol. The number of anilines is 1. The molecule has 0 atom stereocenters. The van der Waals surface area contributed by atoms with Crippen LogP contribution < -0.4 is 5.32 Å². The van der Waals surface area contributed by atoms with E-state index < -0.39 is 10.8 Å². The predicted octanol–water partition coefficient (Wildman–Crippen LogP) is 2.55. The number of non-ortho nitro benzene ring substituents is 1. The number of nitrogens with one attached hydrogen (secondary N) is 1. The van der Waals surface area contributed by atoms with E-state index in [0.29, 0.717) is 5.56 Å². The Morgan fingerprint density at radius 1 is 1.16 bits per heavy atom. The summed E-state index contributed by atoms with van der Waals surface area (Å²) in [5, 5.41) is 22.6. The molecule has 19 heavy (non-hydrogen) atoms. The van der Waals surface area contributed by atoms with Crippen LogP contribution >= 0.6 is 0 Å². The van der Waals surface area contributed by atoms with Crippen LogP contribution in [-0.2, 0) is 0 Å². The van der Waals surface area contributed by atoms with E-state index >= 15 is 0 Å². The highest BCUT2D eigenvalue weighted by Crippen LogP contribution is 2.28. The smallest absolute Gasteiger partial charge is 0.271 e. The molecule has 0 bridgehead atoms. The Morgan fingerprint density at radius 3 is 2.47 bits per heavy atom. The third kappa shape index (κ3) is 2.86. The number of nitrogens with zero attached hydrogens (tertiary/aromatic N) is 1. The first kappa shape index (κ1) is 12.6. The maximum Gasteiger partial charge on any atom is 0.271 e. The summed E-state index contributed by atoms with van der Waals surface area (Å²) in [4.78, 5) is 21.9. The van der Waals surface area contributed by atoms with Crippen molar-refractivity contribution in [1.29, 1.82) is 0 Å². The summed E-state index contributed by atoms with van der Waals surface area (Å²) in [7, 11) is 0. The lowest BCUT2D eigenvalue weighted by Crippen LogP contribution is -2.11. The highest BCUT2D eigenvalue weighted by molar-refractivity contribution is 6.05. The Balaban J connectivity index is 2.26. The second-order valence-electron chi connectivity index (χ2n) is 3.78. The molecule has 0 radical (unpaired) electrons. The molecule has 0 saturated carbocycles. The van der Waals surface area contributed by atoms with Gasteiger partial charge >= 0.3 is 0 Å². The van der Waals surface area contributed by atoms with Gasteiger partial charge in [-0.05, 0) is 18.2 Å². The number of nitro groups is 1. The zero-order chi connectivity index (χ0) is 13.8. The molecule has 6 nitrogen and oxygen atoms in total. The number of phenolic OH excluding ortho intramolecular Hbond substituents is 1. The summed E-state index contributed by atoms with van der Waals surface area (Å²) in [6.07, 6.45) is 0. The number of hydrogen-bond acceptors (Lipinski definition) is 4. The Bertz CT molecular complexity index is 626. The van der Waals surface area contributed by atoms with E-state index in [4.69, 9.17) is 0 Å². The lowest BCUT2D eigenvalue weighted by molar-refractivity contribution is -0.384. The molecule has 6 heteroatoms. The van der Waals surface area contributed by atoms with E-state index in [9.17, 15) is 20.0 Å². The van der Waals surface area contributed by atoms with Crippen molar-refractivity contribution in [3.05, 3.63) is 64.2 Å². The Labute approximate surface area is 108 Å². The number of carbonyl (C=O) groups excluding carboxylic acids is 1. The van der Waals surface area contributed by atoms with Gasteiger partial charge in [-0.2, -0.15) is 0 Å². The maximum atomic E-state index is 11.9. The van der Waals surface area contributed by atoms with Crippen LogP contribution in [0, 0.1) is 10.1 Å². The van der Waals surface area contributed by atoms with E-state index in [1.54, 1.807) is 30.3 Å². The van der Waals surface area contributed by atoms with Gasteiger partial charge in [-0.1, -0.05) is 18.2 Å². The molecule has 2 aromatic rings. The van der Waals surface area contributed by atoms with Gasteiger partial charge in [0.1, 0.15) is 5.75 Å². The van der Waals surface area contributed by atoms with Crippen LogP contribution in [0.5, 0.6) is 5.75 Å². The fraction of sp³-hybridized carbons (Fsp3) is 0. The minimum Gasteiger partial charge on any atom is -0.506 e. The monoisotopic (exact) mass is 258 g/mol. The summed E-state index contributed by atoms with van der Waals surface area (Å²) in [6.45, 7) is 0. The molecule has 2 rings (SSSR count). The van der Waals surface area contributed by atoms with Gasteiger partial charge in [0.05, 0.1) is 10.6 Å². The molecule has 0 heterocycles. The van der Waals surface area contributed by atoms with Crippen LogP contribution in [0.3, 0.4) is 0 Å². The fourth-order valence-corrected chi connectivity index (χ4v) is 1.52. The molecule has 1 amide bonds. The zero-order valence-corrected chi connectivity index (χ0v) is 9.74. The van der Waals surface area contributed by atoms with E-state index in [1.807, 2.05) is 0 Å². The number of aromatic hydroxyl groups is 1. The fourth-order valence-electron chi connectivity index (χ4n) is 1.52. The third-order valence-corrected chi connectivity index (χ3v) is 2.48. The number of rotatable bonds is 3. The second-order valence-corrected chi connectivity index (χ2v) is 3.78. The van der Waals surface area contributed by atoms with Crippen molar-refractivity contribution in [3.8, 4) is 5.75 Å². The quantitative estimate of drug-likeness (QED) is 0.502. The molecule has 0 unspecified atom stereocenters. The van der Waals surface area contributed by atoms with Gasteiger partial charge in [0.2, 0.25) is 0 Å². The minimum absolute atomic E-state index is 0.00283. The van der Waals surface area contributed by atoms with Gasteiger partial charge in [0, 0.05) is 17.7 Å². The molecule has 2 aromatic carbocycles. The third-order valence-electron chi connectivity index (χ3n) is 2.48. The normalized spacial score (nSPS) is 9.89. The summed E-state index contributed by atoms with van der Waals surface area (Å²) in [5.41, 5.74) is 0.192. The first-order chi connectivity index (χ1) is 9.08. The molecule has 0 aliphatic rings. The predicted molar refractivity (Wildman–Crippen MR) is 69.2 cm³/mol. The van der Waals surface area contributed by atoms with Crippen molar-refractivity contribution in [2.45, 2.75) is 0 Å². The number of carbonyl (C=O) groups is 1. The Hall–Kier alpha value is -2.89. The van der Waals surface area contributed by atoms with Gasteiger partial charge < -0.3 is 10.4 Å². The Morgan fingerprint density at radius 2 is 1.84 bits per heavy atom. The average Bonchev–Trinajstić information content (AvgIpc) is 2.42. The van der Waals surface area contributed by atoms with Crippen molar-refractivity contribution in [2.75, 3.05) is 5.32 Å². The first-order valence-corrected chi connectivity index (χ1v) is 5.42. The van der Waals surface area contributed by atoms with Crippen molar-refractivity contribution < 1.29 is 14.8 Å². The molecule has 2 N–H and O–H groups in total. The van der Waals surface area contributed by atoms with E-state index in [-0.39, 0.29) is 17.1 Å². The lowest BCUT2D eigenvalue weighted by atomic mass is 10.2. The van der Waals surface area contributed by atoms with E-state index in [2.05, 4.69) is 5.32 Å². The number of benzene rings is 2. The van der Waals surface area contributed by atoms with E-state index in [0.717, 1.165) is 12.1 Å². The van der Waals surface area contributed by atoms with Crippen LogP contribution in [0.2, 0.25) is 0 Å². The van der Waals surface area contributed by atoms with Crippen LogP contribution in [-0.4, -0.2) is 15.9 Å². The van der Waals surface area contributed by atoms with Crippen LogP contribution in [0.25, 0.3) is 0 Å². The molecule has 0 aliphatic carbocycles. The van der Waals surface area contributed by atoms with Crippen molar-refractivity contribution in [3.63, 3.8) is 0 Å². The standard InChI is InChI=1S/C13H10N2O4/c16-12-7-6-10(15(18)19)8-11(12)14-13(17)9-4-2-1-3-5-9/h1-8,16H,(H,14,17). The largest absolute Gasteiger partial charge is 0.506 e. The summed E-state index contributed by atoms with van der Waals surface area (Å²) < 4.78 is 0. The van der Waals surface area contributed by atoms with Crippen molar-refractivity contribution in [1.82, 2.24) is 0 Å². The highest BCUT2D eigenvalue weighted by Gasteiger charge is 2.13. The van der Waals surface area contributed by atoms with Crippen LogP contribution in [0.1, 0.15) is 10.4 Å². The summed E-state index contributed by atoms with van der Waals surface area (Å²) >= 11 is 0. The molecule has 0 aromatic heterocycles. The van der Waals surface area contributed by atoms with E-state index in [1.165, 1.54) is 6.07 Å². The molecule has 0 spiro atoms. The van der Waals surface area contributed by atoms with Crippen LogP contribution in [0.4, 0.5) is 11.4 Å². The van der Waals surface area contributed by atoms with Gasteiger partial charge in [-0.15, -0.1) is 0 Å². The topological polar surface area (TPSA) is 92.5 Å². The average molecular weight is 258 g/mol. The number of phenols is 1. The minimum atomic E-state index is -0.600. The lowest BCUT2D eigenvalue weighted by Gasteiger charge is -2.07. The van der Waals surface area contributed by atoms with Crippen molar-refractivity contribution >= 4 is 17.3 Å². The SMILES string of the molecule is O=C(Nc1cc([N+](=O)[O-])ccc1O)c1ccccc1. The highest BCUT2D eigenvalue weighted by atomic mass is 16.6. The molecule has 96 valence electrons. The number of amides is 1. The molecule has 0 saturated heterocycles. The maximum absolute atomic E-state index is 11.9. The summed E-state index contributed by atoms with van der Waals surface area (Å²) in [6, 6.07) is 11.8. The first-order valence-electron chi connectivity index (χ1n) is 5.42. The van der Waals surface area contributed by atoms with Crippen molar-refractivity contribution in [2.24, 2.45) is 0 Å².